The normalized spacial score (nSPS) is 17.1. The van der Waals surface area contributed by atoms with Crippen molar-refractivity contribution in [2.75, 3.05) is 14.2 Å². The predicted molar refractivity (Wildman–Crippen MR) is 75.3 cm³/mol. The Bertz CT molecular complexity index is 454. The molecule has 2 rings (SSSR count). The highest BCUT2D eigenvalue weighted by Gasteiger charge is 2.25. The first kappa shape index (κ1) is 14.8. The molecule has 0 N–H and O–H groups in total. The Morgan fingerprint density at radius 3 is 2.35 bits per heavy atom. The van der Waals surface area contributed by atoms with Gasteiger partial charge in [0.25, 0.3) is 0 Å². The molecule has 0 bridgehead atoms. The van der Waals surface area contributed by atoms with Gasteiger partial charge in [-0.2, -0.15) is 4.98 Å². The van der Waals surface area contributed by atoms with Crippen molar-refractivity contribution in [3.63, 3.8) is 0 Å². The zero-order valence-electron chi connectivity index (χ0n) is 12.2. The second-order valence-electron chi connectivity index (χ2n) is 5.18. The number of hydrogen-bond acceptors (Lipinski definition) is 5. The van der Waals surface area contributed by atoms with Crippen LogP contribution in [0.5, 0.6) is 11.8 Å². The van der Waals surface area contributed by atoms with Crippen LogP contribution in [0.1, 0.15) is 55.4 Å². The first-order chi connectivity index (χ1) is 9.76. The maximum absolute atomic E-state index is 12.6. The molecule has 5 nitrogen and oxygen atoms in total. The molecule has 0 radical (unpaired) electrons. The van der Waals surface area contributed by atoms with Gasteiger partial charge in [-0.25, -0.2) is 4.98 Å². The molecule has 0 spiro atoms. The second kappa shape index (κ2) is 7.22. The topological polar surface area (TPSA) is 61.3 Å². The molecule has 0 saturated heterocycles. The summed E-state index contributed by atoms with van der Waals surface area (Å²) in [4.78, 5) is 20.9. The van der Waals surface area contributed by atoms with Gasteiger partial charge in [-0.1, -0.05) is 32.1 Å². The van der Waals surface area contributed by atoms with Crippen LogP contribution in [0.15, 0.2) is 6.20 Å². The van der Waals surface area contributed by atoms with E-state index in [-0.39, 0.29) is 17.6 Å². The fourth-order valence-corrected chi connectivity index (χ4v) is 2.68. The van der Waals surface area contributed by atoms with Crippen LogP contribution >= 0.6 is 0 Å². The number of hydrogen-bond donors (Lipinski definition) is 0. The Morgan fingerprint density at radius 2 is 1.75 bits per heavy atom. The van der Waals surface area contributed by atoms with E-state index in [9.17, 15) is 4.79 Å². The monoisotopic (exact) mass is 278 g/mol. The standard InChI is InChI=1S/C15H22N2O3/c1-19-12-10-16-13(15(17-12)20-2)14(18)11-8-6-4-3-5-7-9-11/h10-11H,3-9H2,1-2H3. The number of methoxy groups -OCH3 is 2. The number of Topliss-reactive ketones (excluding diaryl/α,β-unsaturated/α-hetero) is 1. The molecule has 1 aromatic rings. The van der Waals surface area contributed by atoms with Crippen LogP contribution in [0.25, 0.3) is 0 Å². The van der Waals surface area contributed by atoms with E-state index in [2.05, 4.69) is 9.97 Å². The van der Waals surface area contributed by atoms with Crippen molar-refractivity contribution in [1.82, 2.24) is 9.97 Å². The number of rotatable bonds is 4. The lowest BCUT2D eigenvalue weighted by Crippen LogP contribution is -2.19. The van der Waals surface area contributed by atoms with Crippen molar-refractivity contribution in [3.8, 4) is 11.8 Å². The summed E-state index contributed by atoms with van der Waals surface area (Å²) in [5.41, 5.74) is 0.332. The minimum Gasteiger partial charge on any atom is -0.480 e. The summed E-state index contributed by atoms with van der Waals surface area (Å²) in [5.74, 6) is 0.721. The second-order valence-corrected chi connectivity index (χ2v) is 5.18. The Hall–Kier alpha value is -1.65. The fourth-order valence-electron chi connectivity index (χ4n) is 2.68. The molecule has 1 aromatic heterocycles. The quantitative estimate of drug-likeness (QED) is 0.792. The minimum absolute atomic E-state index is 0.0481. The number of carbonyl (C=O) groups is 1. The smallest absolute Gasteiger partial charge is 0.246 e. The molecule has 1 saturated carbocycles. The van der Waals surface area contributed by atoms with Crippen molar-refractivity contribution < 1.29 is 14.3 Å². The molecule has 0 aliphatic heterocycles. The van der Waals surface area contributed by atoms with Crippen molar-refractivity contribution in [3.05, 3.63) is 11.9 Å². The number of ketones is 1. The van der Waals surface area contributed by atoms with E-state index in [1.807, 2.05) is 0 Å². The zero-order valence-corrected chi connectivity index (χ0v) is 12.2. The summed E-state index contributed by atoms with van der Waals surface area (Å²) in [6, 6.07) is 0. The van der Waals surface area contributed by atoms with E-state index < -0.39 is 0 Å². The highest BCUT2D eigenvalue weighted by atomic mass is 16.5. The van der Waals surface area contributed by atoms with Gasteiger partial charge in [0.1, 0.15) is 0 Å². The molecule has 1 aliphatic rings. The van der Waals surface area contributed by atoms with E-state index in [1.165, 1.54) is 39.7 Å². The molecule has 0 aromatic carbocycles. The van der Waals surface area contributed by atoms with Gasteiger partial charge in [-0.05, 0) is 12.8 Å². The average Bonchev–Trinajstić information content (AvgIpc) is 2.45. The maximum atomic E-state index is 12.6. The van der Waals surface area contributed by atoms with Crippen molar-refractivity contribution in [2.24, 2.45) is 5.92 Å². The van der Waals surface area contributed by atoms with E-state index in [0.29, 0.717) is 11.6 Å². The summed E-state index contributed by atoms with van der Waals surface area (Å²) in [7, 11) is 3.01. The highest BCUT2D eigenvalue weighted by molar-refractivity contribution is 5.98. The molecule has 0 atom stereocenters. The third kappa shape index (κ3) is 3.46. The van der Waals surface area contributed by atoms with E-state index in [1.54, 1.807) is 0 Å². The third-order valence-electron chi connectivity index (χ3n) is 3.83. The predicted octanol–water partition coefficient (Wildman–Crippen LogP) is 3.04. The number of nitrogens with zero attached hydrogens (tertiary/aromatic N) is 2. The van der Waals surface area contributed by atoms with Crippen LogP contribution in [0, 0.1) is 5.92 Å². The number of aromatic nitrogens is 2. The van der Waals surface area contributed by atoms with Crippen molar-refractivity contribution in [2.45, 2.75) is 44.9 Å². The van der Waals surface area contributed by atoms with Crippen LogP contribution < -0.4 is 9.47 Å². The van der Waals surface area contributed by atoms with Gasteiger partial charge in [0, 0.05) is 5.92 Å². The molecule has 5 heteroatoms. The van der Waals surface area contributed by atoms with Crippen molar-refractivity contribution in [1.29, 1.82) is 0 Å². The lowest BCUT2D eigenvalue weighted by molar-refractivity contribution is 0.0888. The summed E-state index contributed by atoms with van der Waals surface area (Å²) < 4.78 is 10.2. The SMILES string of the molecule is COc1cnc(C(=O)C2CCCCCCC2)c(OC)n1. The van der Waals surface area contributed by atoms with Crippen LogP contribution in [-0.4, -0.2) is 30.0 Å². The summed E-state index contributed by atoms with van der Waals surface area (Å²) in [5, 5.41) is 0. The van der Waals surface area contributed by atoms with Gasteiger partial charge in [0.15, 0.2) is 11.5 Å². The first-order valence-corrected chi connectivity index (χ1v) is 7.25. The minimum atomic E-state index is 0.0481. The molecule has 1 fully saturated rings. The lowest BCUT2D eigenvalue weighted by Gasteiger charge is -2.18. The summed E-state index contributed by atoms with van der Waals surface area (Å²) in [6.07, 6.45) is 9.30. The van der Waals surface area contributed by atoms with Crippen LogP contribution in [0.2, 0.25) is 0 Å². The van der Waals surface area contributed by atoms with E-state index in [0.717, 1.165) is 25.7 Å². The number of carbonyl (C=O) groups excluding carboxylic acids is 1. The Balaban J connectivity index is 2.18. The van der Waals surface area contributed by atoms with E-state index >= 15 is 0 Å². The van der Waals surface area contributed by atoms with Crippen molar-refractivity contribution >= 4 is 5.78 Å². The molecule has 0 amide bonds. The Morgan fingerprint density at radius 1 is 1.10 bits per heavy atom. The van der Waals surface area contributed by atoms with Gasteiger partial charge in [0.2, 0.25) is 11.8 Å². The van der Waals surface area contributed by atoms with Gasteiger partial charge in [-0.15, -0.1) is 0 Å². The van der Waals surface area contributed by atoms with Gasteiger partial charge in [0.05, 0.1) is 20.4 Å². The third-order valence-corrected chi connectivity index (χ3v) is 3.83. The summed E-state index contributed by atoms with van der Waals surface area (Å²) >= 11 is 0. The zero-order chi connectivity index (χ0) is 14.4. The average molecular weight is 278 g/mol. The highest BCUT2D eigenvalue weighted by Crippen LogP contribution is 2.28. The Labute approximate surface area is 119 Å². The maximum Gasteiger partial charge on any atom is 0.246 e. The molecular formula is C15H22N2O3. The molecule has 1 aliphatic carbocycles. The number of ether oxygens (including phenoxy) is 2. The first-order valence-electron chi connectivity index (χ1n) is 7.25. The fraction of sp³-hybridized carbons (Fsp3) is 0.667. The molecule has 20 heavy (non-hydrogen) atoms. The molecule has 110 valence electrons. The van der Waals surface area contributed by atoms with Gasteiger partial charge < -0.3 is 9.47 Å². The largest absolute Gasteiger partial charge is 0.480 e. The van der Waals surface area contributed by atoms with Crippen LogP contribution in [0.3, 0.4) is 0 Å². The van der Waals surface area contributed by atoms with Gasteiger partial charge >= 0.3 is 0 Å². The van der Waals surface area contributed by atoms with E-state index in [4.69, 9.17) is 9.47 Å². The molecule has 0 unspecified atom stereocenters. The van der Waals surface area contributed by atoms with Gasteiger partial charge in [-0.3, -0.25) is 4.79 Å². The molecular weight excluding hydrogens is 256 g/mol. The Kier molecular flexibility index (Phi) is 5.32. The molecule has 1 heterocycles. The van der Waals surface area contributed by atoms with Crippen LogP contribution in [0.4, 0.5) is 0 Å². The van der Waals surface area contributed by atoms with Crippen LogP contribution in [-0.2, 0) is 0 Å². The summed E-state index contributed by atoms with van der Waals surface area (Å²) in [6.45, 7) is 0. The lowest BCUT2D eigenvalue weighted by atomic mass is 9.87.